The number of ether oxygens (including phenoxy) is 1. The lowest BCUT2D eigenvalue weighted by Crippen LogP contribution is -2.54. The zero-order valence-electron chi connectivity index (χ0n) is 15.9. The summed E-state index contributed by atoms with van der Waals surface area (Å²) in [4.78, 5) is 16.4. The molecule has 26 heavy (non-hydrogen) atoms. The van der Waals surface area contributed by atoms with Gasteiger partial charge in [0.05, 0.1) is 13.0 Å². The first kappa shape index (κ1) is 16.5. The van der Waals surface area contributed by atoms with Crippen molar-refractivity contribution in [1.29, 1.82) is 0 Å². The Kier molecular flexibility index (Phi) is 3.61. The van der Waals surface area contributed by atoms with Crippen molar-refractivity contribution in [3.05, 3.63) is 36.2 Å². The van der Waals surface area contributed by atoms with Gasteiger partial charge in [0.1, 0.15) is 0 Å². The van der Waals surface area contributed by atoms with Crippen LogP contribution in [-0.4, -0.2) is 17.6 Å². The number of pyridine rings is 1. The predicted molar refractivity (Wildman–Crippen MR) is 101 cm³/mol. The maximum absolute atomic E-state index is 12.1. The van der Waals surface area contributed by atoms with Gasteiger partial charge in [-0.1, -0.05) is 26.0 Å². The first-order valence-electron chi connectivity index (χ1n) is 10.3. The van der Waals surface area contributed by atoms with Crippen LogP contribution >= 0.6 is 0 Å². The Balaban J connectivity index is 1.46. The van der Waals surface area contributed by atoms with Gasteiger partial charge in [-0.2, -0.15) is 0 Å². The first-order valence-corrected chi connectivity index (χ1v) is 10.3. The minimum Gasteiger partial charge on any atom is -0.465 e. The smallest absolute Gasteiger partial charge is 0.306 e. The summed E-state index contributed by atoms with van der Waals surface area (Å²) in [5, 5.41) is 0. The summed E-state index contributed by atoms with van der Waals surface area (Å²) in [5.41, 5.74) is 3.24. The van der Waals surface area contributed by atoms with Crippen molar-refractivity contribution in [3.63, 3.8) is 0 Å². The summed E-state index contributed by atoms with van der Waals surface area (Å²) in [6.45, 7) is 5.53. The highest BCUT2D eigenvalue weighted by molar-refractivity contribution is 5.73. The maximum atomic E-state index is 12.1. The van der Waals surface area contributed by atoms with Crippen LogP contribution in [0.1, 0.15) is 57.9 Å². The van der Waals surface area contributed by atoms with Gasteiger partial charge in [0.25, 0.3) is 0 Å². The monoisotopic (exact) mass is 351 g/mol. The number of nitrogens with zero attached hydrogens (tertiary/aromatic N) is 1. The fourth-order valence-corrected chi connectivity index (χ4v) is 7.18. The van der Waals surface area contributed by atoms with E-state index in [4.69, 9.17) is 4.74 Å². The molecule has 0 unspecified atom stereocenters. The van der Waals surface area contributed by atoms with Gasteiger partial charge >= 0.3 is 5.97 Å². The molecule has 1 aromatic heterocycles. The van der Waals surface area contributed by atoms with Crippen LogP contribution in [0.3, 0.4) is 0 Å². The van der Waals surface area contributed by atoms with Crippen LogP contribution in [0.2, 0.25) is 0 Å². The zero-order valence-corrected chi connectivity index (χ0v) is 15.9. The third-order valence-corrected chi connectivity index (χ3v) is 8.59. The number of allylic oxidation sites excluding steroid dienone is 2. The van der Waals surface area contributed by atoms with Crippen molar-refractivity contribution in [2.45, 2.75) is 52.4 Å². The Morgan fingerprint density at radius 1 is 1.19 bits per heavy atom. The van der Waals surface area contributed by atoms with Gasteiger partial charge in [0.15, 0.2) is 0 Å². The first-order chi connectivity index (χ1) is 12.5. The molecule has 0 spiro atoms. The van der Waals surface area contributed by atoms with Crippen molar-refractivity contribution < 1.29 is 9.53 Å². The van der Waals surface area contributed by atoms with E-state index < -0.39 is 0 Å². The zero-order chi connectivity index (χ0) is 17.9. The van der Waals surface area contributed by atoms with Crippen LogP contribution in [0.15, 0.2) is 30.6 Å². The fraction of sp³-hybridized carbons (Fsp3) is 0.652. The molecule has 0 bridgehead atoms. The Hall–Kier alpha value is -1.64. The molecule has 0 amide bonds. The molecule has 2 heterocycles. The molecule has 3 heteroatoms. The molecular weight excluding hydrogens is 322 g/mol. The fourth-order valence-electron chi connectivity index (χ4n) is 7.18. The highest BCUT2D eigenvalue weighted by atomic mass is 16.5. The topological polar surface area (TPSA) is 39.2 Å². The summed E-state index contributed by atoms with van der Waals surface area (Å²) in [6, 6.07) is 4.27. The molecule has 138 valence electrons. The van der Waals surface area contributed by atoms with E-state index in [1.807, 2.05) is 12.4 Å². The van der Waals surface area contributed by atoms with E-state index in [1.54, 1.807) is 0 Å². The molecule has 4 aliphatic rings. The second-order valence-electron chi connectivity index (χ2n) is 9.57. The van der Waals surface area contributed by atoms with E-state index in [0.717, 1.165) is 5.92 Å². The molecule has 5 rings (SSSR count). The predicted octanol–water partition coefficient (Wildman–Crippen LogP) is 4.88. The number of aromatic nitrogens is 1. The van der Waals surface area contributed by atoms with E-state index in [-0.39, 0.29) is 16.8 Å². The number of hydrogen-bond donors (Lipinski definition) is 0. The molecule has 1 saturated heterocycles. The molecule has 2 saturated carbocycles. The van der Waals surface area contributed by atoms with Gasteiger partial charge < -0.3 is 4.74 Å². The van der Waals surface area contributed by atoms with Crippen molar-refractivity contribution in [1.82, 2.24) is 4.98 Å². The standard InChI is InChI=1S/C23H29NO2/c1-22-10-9-20-17(6-5-16-14-26-21(25)12-23(16,20)2)19(22)8-7-18(22)15-4-3-11-24-13-15/h3-4,7,11,13,16-17,19-20H,5-6,8-10,12,14H2,1-2H3/t16-,17-,19-,20-,22+,23-/m0/s1. The average molecular weight is 351 g/mol. The molecule has 3 nitrogen and oxygen atoms in total. The lowest BCUT2D eigenvalue weighted by Gasteiger charge is -2.59. The molecule has 3 aliphatic carbocycles. The minimum atomic E-state index is 0.0262. The van der Waals surface area contributed by atoms with Crippen molar-refractivity contribution in [2.75, 3.05) is 6.61 Å². The molecule has 0 aromatic carbocycles. The number of rotatable bonds is 1. The Bertz CT molecular complexity index is 757. The third kappa shape index (κ3) is 2.18. The van der Waals surface area contributed by atoms with Crippen LogP contribution in [0.4, 0.5) is 0 Å². The third-order valence-electron chi connectivity index (χ3n) is 8.59. The van der Waals surface area contributed by atoms with Gasteiger partial charge in [-0.05, 0) is 83.8 Å². The Morgan fingerprint density at radius 3 is 2.88 bits per heavy atom. The van der Waals surface area contributed by atoms with Gasteiger partial charge in [-0.3, -0.25) is 9.78 Å². The van der Waals surface area contributed by atoms with Crippen LogP contribution in [0.25, 0.3) is 5.57 Å². The van der Waals surface area contributed by atoms with E-state index >= 15 is 0 Å². The SMILES string of the molecule is C[C@]12CC(=O)OC[C@@H]1CC[C@@H]1[C@@H]2CC[C@]2(C)C(c3cccnc3)=CC[C@@H]12. The number of hydrogen-bond acceptors (Lipinski definition) is 3. The Labute approximate surface area is 156 Å². The van der Waals surface area contributed by atoms with E-state index in [2.05, 4.69) is 37.0 Å². The summed E-state index contributed by atoms with van der Waals surface area (Å²) >= 11 is 0. The van der Waals surface area contributed by atoms with Crippen molar-refractivity contribution in [3.8, 4) is 0 Å². The second kappa shape index (κ2) is 5.68. The molecule has 1 aliphatic heterocycles. The minimum absolute atomic E-state index is 0.0262. The molecule has 0 radical (unpaired) electrons. The number of carbonyl (C=O) groups excluding carboxylic acids is 1. The summed E-state index contributed by atoms with van der Waals surface area (Å²) in [6.07, 6.45) is 13.2. The highest BCUT2D eigenvalue weighted by Crippen LogP contribution is 2.66. The number of esters is 1. The normalized spacial score (nSPS) is 44.4. The summed E-state index contributed by atoms with van der Waals surface area (Å²) < 4.78 is 5.42. The number of fused-ring (bicyclic) bond motifs is 5. The van der Waals surface area contributed by atoms with Gasteiger partial charge in [-0.25, -0.2) is 0 Å². The van der Waals surface area contributed by atoms with Crippen LogP contribution in [-0.2, 0) is 9.53 Å². The number of cyclic esters (lactones) is 1. The van der Waals surface area contributed by atoms with E-state index in [0.29, 0.717) is 30.8 Å². The number of carbonyl (C=O) groups is 1. The average Bonchev–Trinajstić information content (AvgIpc) is 2.99. The largest absolute Gasteiger partial charge is 0.465 e. The van der Waals surface area contributed by atoms with Gasteiger partial charge in [-0.15, -0.1) is 0 Å². The summed E-state index contributed by atoms with van der Waals surface area (Å²) in [7, 11) is 0. The van der Waals surface area contributed by atoms with Crippen molar-refractivity contribution >= 4 is 11.5 Å². The lowest BCUT2D eigenvalue weighted by molar-refractivity contribution is -0.175. The van der Waals surface area contributed by atoms with Crippen LogP contribution < -0.4 is 0 Å². The maximum Gasteiger partial charge on any atom is 0.306 e. The highest BCUT2D eigenvalue weighted by Gasteiger charge is 2.59. The second-order valence-corrected chi connectivity index (χ2v) is 9.57. The quantitative estimate of drug-likeness (QED) is 0.677. The Morgan fingerprint density at radius 2 is 2.08 bits per heavy atom. The lowest BCUT2D eigenvalue weighted by atomic mass is 9.46. The van der Waals surface area contributed by atoms with Gasteiger partial charge in [0.2, 0.25) is 0 Å². The molecule has 1 aromatic rings. The van der Waals surface area contributed by atoms with Crippen LogP contribution in [0.5, 0.6) is 0 Å². The van der Waals surface area contributed by atoms with Gasteiger partial charge in [0, 0.05) is 12.4 Å². The molecule has 6 atom stereocenters. The van der Waals surface area contributed by atoms with E-state index in [9.17, 15) is 4.79 Å². The molecule has 3 fully saturated rings. The molecular formula is C23H29NO2. The van der Waals surface area contributed by atoms with Crippen molar-refractivity contribution in [2.24, 2.45) is 34.5 Å². The molecule has 0 N–H and O–H groups in total. The van der Waals surface area contributed by atoms with Crippen LogP contribution in [0, 0.1) is 34.5 Å². The van der Waals surface area contributed by atoms with E-state index in [1.165, 1.54) is 43.2 Å². The summed E-state index contributed by atoms with van der Waals surface area (Å²) in [5.74, 6) is 2.73.